The lowest BCUT2D eigenvalue weighted by molar-refractivity contribution is -0.384. The van der Waals surface area contributed by atoms with Gasteiger partial charge in [-0.3, -0.25) is 10.1 Å². The SMILES string of the molecule is CC(C)(C)NCc1ccn(-c2cc([N+](=O)[O-])ccc2Cl)n1. The number of hydrogen-bond acceptors (Lipinski definition) is 4. The van der Waals surface area contributed by atoms with Crippen molar-refractivity contribution >= 4 is 17.3 Å². The largest absolute Gasteiger partial charge is 0.306 e. The summed E-state index contributed by atoms with van der Waals surface area (Å²) in [5.74, 6) is 0. The topological polar surface area (TPSA) is 73.0 Å². The van der Waals surface area contributed by atoms with Crippen LogP contribution < -0.4 is 5.32 Å². The molecule has 0 spiro atoms. The minimum Gasteiger partial charge on any atom is -0.306 e. The summed E-state index contributed by atoms with van der Waals surface area (Å²) in [6.07, 6.45) is 1.74. The molecular weight excluding hydrogens is 292 g/mol. The first-order valence-corrected chi connectivity index (χ1v) is 6.88. The molecule has 2 aromatic rings. The first-order chi connectivity index (χ1) is 9.76. The zero-order chi connectivity index (χ0) is 15.6. The number of nitro groups is 1. The maximum absolute atomic E-state index is 10.8. The van der Waals surface area contributed by atoms with Crippen LogP contribution in [0.3, 0.4) is 0 Å². The molecule has 6 nitrogen and oxygen atoms in total. The van der Waals surface area contributed by atoms with Crippen LogP contribution in [0, 0.1) is 10.1 Å². The highest BCUT2D eigenvalue weighted by molar-refractivity contribution is 6.32. The molecule has 7 heteroatoms. The number of non-ortho nitro benzene ring substituents is 1. The fourth-order valence-corrected chi connectivity index (χ4v) is 1.94. The van der Waals surface area contributed by atoms with Crippen molar-refractivity contribution in [2.75, 3.05) is 0 Å². The molecule has 0 radical (unpaired) electrons. The summed E-state index contributed by atoms with van der Waals surface area (Å²) >= 11 is 6.10. The number of hydrogen-bond donors (Lipinski definition) is 1. The molecule has 21 heavy (non-hydrogen) atoms. The molecule has 0 aliphatic heterocycles. The second-order valence-corrected chi connectivity index (χ2v) is 6.16. The lowest BCUT2D eigenvalue weighted by atomic mass is 10.1. The number of benzene rings is 1. The van der Waals surface area contributed by atoms with Crippen LogP contribution in [0.25, 0.3) is 5.69 Å². The molecule has 0 saturated heterocycles. The van der Waals surface area contributed by atoms with Gasteiger partial charge >= 0.3 is 0 Å². The Hall–Kier alpha value is -1.92. The van der Waals surface area contributed by atoms with E-state index in [9.17, 15) is 10.1 Å². The first kappa shape index (κ1) is 15.5. The highest BCUT2D eigenvalue weighted by Gasteiger charge is 2.13. The van der Waals surface area contributed by atoms with E-state index in [-0.39, 0.29) is 11.2 Å². The molecule has 0 bridgehead atoms. The van der Waals surface area contributed by atoms with Crippen LogP contribution in [-0.4, -0.2) is 20.2 Å². The van der Waals surface area contributed by atoms with Gasteiger partial charge in [0.05, 0.1) is 21.3 Å². The minimum absolute atomic E-state index is 0.00699. The summed E-state index contributed by atoms with van der Waals surface area (Å²) in [5, 5.41) is 19.0. The molecule has 112 valence electrons. The summed E-state index contributed by atoms with van der Waals surface area (Å²) in [5.41, 5.74) is 1.31. The monoisotopic (exact) mass is 308 g/mol. The molecular formula is C14H17ClN4O2. The zero-order valence-corrected chi connectivity index (χ0v) is 12.9. The normalized spacial score (nSPS) is 11.6. The van der Waals surface area contributed by atoms with E-state index in [1.165, 1.54) is 18.2 Å². The van der Waals surface area contributed by atoms with Gasteiger partial charge in [0.1, 0.15) is 0 Å². The molecule has 0 fully saturated rings. The predicted octanol–water partition coefficient (Wildman–Crippen LogP) is 3.32. The van der Waals surface area contributed by atoms with Crippen LogP contribution in [0.15, 0.2) is 30.5 Å². The molecule has 2 rings (SSSR count). The van der Waals surface area contributed by atoms with Gasteiger partial charge < -0.3 is 5.32 Å². The fourth-order valence-electron chi connectivity index (χ4n) is 1.74. The van der Waals surface area contributed by atoms with Crippen LogP contribution in [0.2, 0.25) is 5.02 Å². The number of nitro benzene ring substituents is 1. The minimum atomic E-state index is -0.453. The zero-order valence-electron chi connectivity index (χ0n) is 12.1. The van der Waals surface area contributed by atoms with Crippen LogP contribution in [0.1, 0.15) is 26.5 Å². The number of halogens is 1. The van der Waals surface area contributed by atoms with Crippen LogP contribution >= 0.6 is 11.6 Å². The molecule has 0 atom stereocenters. The Morgan fingerprint density at radius 1 is 1.38 bits per heavy atom. The Labute approximate surface area is 127 Å². The number of rotatable bonds is 4. The maximum Gasteiger partial charge on any atom is 0.271 e. The van der Waals surface area contributed by atoms with E-state index in [0.717, 1.165) is 5.69 Å². The first-order valence-electron chi connectivity index (χ1n) is 6.50. The number of aromatic nitrogens is 2. The molecule has 1 N–H and O–H groups in total. The molecule has 0 unspecified atom stereocenters. The van der Waals surface area contributed by atoms with Gasteiger partial charge in [-0.05, 0) is 32.9 Å². The Balaban J connectivity index is 2.25. The van der Waals surface area contributed by atoms with Gasteiger partial charge in [-0.15, -0.1) is 0 Å². The van der Waals surface area contributed by atoms with Crippen molar-refractivity contribution in [3.05, 3.63) is 51.3 Å². The highest BCUT2D eigenvalue weighted by Crippen LogP contribution is 2.25. The van der Waals surface area contributed by atoms with Gasteiger partial charge in [-0.25, -0.2) is 4.68 Å². The standard InChI is InChI=1S/C14H17ClN4O2/c1-14(2,3)16-9-10-6-7-18(17-10)13-8-11(19(20)21)4-5-12(13)15/h4-8,16H,9H2,1-3H3. The molecule has 1 aromatic heterocycles. The van der Waals surface area contributed by atoms with Gasteiger partial charge in [-0.2, -0.15) is 5.10 Å². The van der Waals surface area contributed by atoms with Crippen LogP contribution in [0.4, 0.5) is 5.69 Å². The van der Waals surface area contributed by atoms with Crippen molar-refractivity contribution < 1.29 is 4.92 Å². The second-order valence-electron chi connectivity index (χ2n) is 5.75. The summed E-state index contributed by atoms with van der Waals surface area (Å²) in [6, 6.07) is 6.14. The third kappa shape index (κ3) is 4.03. The molecule has 1 aromatic carbocycles. The van der Waals surface area contributed by atoms with Crippen molar-refractivity contribution in [3.63, 3.8) is 0 Å². The summed E-state index contributed by atoms with van der Waals surface area (Å²) in [6.45, 7) is 6.83. The fraction of sp³-hybridized carbons (Fsp3) is 0.357. The Morgan fingerprint density at radius 2 is 2.10 bits per heavy atom. The van der Waals surface area contributed by atoms with E-state index >= 15 is 0 Å². The summed E-state index contributed by atoms with van der Waals surface area (Å²) in [4.78, 5) is 10.4. The lowest BCUT2D eigenvalue weighted by Crippen LogP contribution is -2.35. The van der Waals surface area contributed by atoms with Gasteiger partial charge in [0.2, 0.25) is 0 Å². The van der Waals surface area contributed by atoms with Crippen molar-refractivity contribution in [1.29, 1.82) is 0 Å². The molecule has 1 heterocycles. The van der Waals surface area contributed by atoms with Crippen LogP contribution in [0.5, 0.6) is 0 Å². The van der Waals surface area contributed by atoms with Crippen LogP contribution in [-0.2, 0) is 6.54 Å². The average Bonchev–Trinajstić information content (AvgIpc) is 2.84. The lowest BCUT2D eigenvalue weighted by Gasteiger charge is -2.19. The second kappa shape index (κ2) is 5.83. The third-order valence-electron chi connectivity index (χ3n) is 2.83. The maximum atomic E-state index is 10.8. The Bertz CT molecular complexity index is 661. The van der Waals surface area contributed by atoms with E-state index in [4.69, 9.17) is 11.6 Å². The number of nitrogens with one attached hydrogen (secondary N) is 1. The van der Waals surface area contributed by atoms with Crippen molar-refractivity contribution in [2.45, 2.75) is 32.9 Å². The van der Waals surface area contributed by atoms with Gasteiger partial charge in [-0.1, -0.05) is 11.6 Å². The Morgan fingerprint density at radius 3 is 2.71 bits per heavy atom. The van der Waals surface area contributed by atoms with E-state index in [1.807, 2.05) is 6.07 Å². The van der Waals surface area contributed by atoms with E-state index < -0.39 is 4.92 Å². The van der Waals surface area contributed by atoms with Crippen molar-refractivity contribution in [2.24, 2.45) is 0 Å². The van der Waals surface area contributed by atoms with Crippen molar-refractivity contribution in [3.8, 4) is 5.69 Å². The summed E-state index contributed by atoms with van der Waals surface area (Å²) < 4.78 is 1.55. The highest BCUT2D eigenvalue weighted by atomic mass is 35.5. The van der Waals surface area contributed by atoms with Crippen molar-refractivity contribution in [1.82, 2.24) is 15.1 Å². The Kier molecular flexibility index (Phi) is 4.29. The predicted molar refractivity (Wildman–Crippen MR) is 81.8 cm³/mol. The van der Waals surface area contributed by atoms with Gasteiger partial charge in [0.15, 0.2) is 0 Å². The van der Waals surface area contributed by atoms with Gasteiger partial charge in [0.25, 0.3) is 5.69 Å². The molecule has 0 aliphatic rings. The number of nitrogens with zero attached hydrogens (tertiary/aromatic N) is 3. The molecule has 0 aliphatic carbocycles. The smallest absolute Gasteiger partial charge is 0.271 e. The average molecular weight is 309 g/mol. The van der Waals surface area contributed by atoms with Gasteiger partial charge in [0, 0.05) is 30.4 Å². The molecule has 0 saturated carbocycles. The third-order valence-corrected chi connectivity index (χ3v) is 3.15. The molecule has 0 amide bonds. The quantitative estimate of drug-likeness (QED) is 0.694. The van der Waals surface area contributed by atoms with E-state index in [2.05, 4.69) is 31.2 Å². The van der Waals surface area contributed by atoms with E-state index in [1.54, 1.807) is 10.9 Å². The summed E-state index contributed by atoms with van der Waals surface area (Å²) in [7, 11) is 0. The van der Waals surface area contributed by atoms with E-state index in [0.29, 0.717) is 17.3 Å².